The number of rotatable bonds is 6. The zero-order chi connectivity index (χ0) is 17.6. The van der Waals surface area contributed by atoms with Gasteiger partial charge in [-0.25, -0.2) is 4.68 Å². The van der Waals surface area contributed by atoms with Crippen LogP contribution in [0.3, 0.4) is 0 Å². The first-order valence-corrected chi connectivity index (χ1v) is 8.24. The van der Waals surface area contributed by atoms with Crippen molar-refractivity contribution in [2.75, 3.05) is 0 Å². The highest BCUT2D eigenvalue weighted by Gasteiger charge is 2.10. The summed E-state index contributed by atoms with van der Waals surface area (Å²) in [6, 6.07) is 16.9. The van der Waals surface area contributed by atoms with Crippen molar-refractivity contribution in [2.45, 2.75) is 20.2 Å². The Hall–Kier alpha value is -2.79. The van der Waals surface area contributed by atoms with Gasteiger partial charge in [0.05, 0.1) is 5.02 Å². The molecule has 1 heterocycles. The molecule has 25 heavy (non-hydrogen) atoms. The largest absolute Gasteiger partial charge is 0.470 e. The lowest BCUT2D eigenvalue weighted by Crippen LogP contribution is -2.23. The second-order valence-electron chi connectivity index (χ2n) is 5.62. The van der Waals surface area contributed by atoms with Gasteiger partial charge in [0.15, 0.2) is 6.73 Å². The van der Waals surface area contributed by atoms with Crippen LogP contribution in [0.4, 0.5) is 0 Å². The number of hydrogen-bond donors (Lipinski definition) is 1. The fourth-order valence-corrected chi connectivity index (χ4v) is 2.45. The third-order valence-corrected chi connectivity index (χ3v) is 3.92. The number of carbonyl (C=O) groups excluding carboxylic acids is 1. The maximum Gasteiger partial charge on any atom is 0.272 e. The van der Waals surface area contributed by atoms with Crippen LogP contribution in [0.2, 0.25) is 5.02 Å². The number of carbonyl (C=O) groups is 1. The molecule has 0 bridgehead atoms. The van der Waals surface area contributed by atoms with Crippen molar-refractivity contribution in [3.05, 3.63) is 82.6 Å². The molecule has 2 aromatic carbocycles. The minimum Gasteiger partial charge on any atom is -0.470 e. The topological polar surface area (TPSA) is 56.1 Å². The molecule has 0 radical (unpaired) electrons. The van der Waals surface area contributed by atoms with Gasteiger partial charge in [0.25, 0.3) is 5.91 Å². The summed E-state index contributed by atoms with van der Waals surface area (Å²) in [4.78, 5) is 12.2. The molecule has 0 fully saturated rings. The van der Waals surface area contributed by atoms with Crippen molar-refractivity contribution < 1.29 is 9.53 Å². The van der Waals surface area contributed by atoms with E-state index in [2.05, 4.69) is 10.4 Å². The van der Waals surface area contributed by atoms with Gasteiger partial charge in [0, 0.05) is 12.7 Å². The lowest BCUT2D eigenvalue weighted by atomic mass is 10.2. The summed E-state index contributed by atoms with van der Waals surface area (Å²) >= 11 is 6.10. The maximum atomic E-state index is 12.2. The van der Waals surface area contributed by atoms with Crippen molar-refractivity contribution in [1.29, 1.82) is 0 Å². The number of nitrogens with one attached hydrogen (secondary N) is 1. The van der Waals surface area contributed by atoms with E-state index < -0.39 is 0 Å². The minimum atomic E-state index is -0.226. The van der Waals surface area contributed by atoms with Crippen molar-refractivity contribution in [1.82, 2.24) is 15.1 Å². The maximum absolute atomic E-state index is 12.2. The van der Waals surface area contributed by atoms with E-state index in [-0.39, 0.29) is 12.6 Å². The van der Waals surface area contributed by atoms with E-state index in [1.165, 1.54) is 0 Å². The highest BCUT2D eigenvalue weighted by atomic mass is 35.5. The molecule has 0 saturated carbocycles. The summed E-state index contributed by atoms with van der Waals surface area (Å²) in [6.45, 7) is 2.60. The van der Waals surface area contributed by atoms with Gasteiger partial charge >= 0.3 is 0 Å². The summed E-state index contributed by atoms with van der Waals surface area (Å²) < 4.78 is 7.21. The fraction of sp³-hybridized carbons (Fsp3) is 0.158. The normalized spacial score (nSPS) is 10.5. The highest BCUT2D eigenvalue weighted by Crippen LogP contribution is 2.25. The minimum absolute atomic E-state index is 0.176. The molecule has 3 rings (SSSR count). The van der Waals surface area contributed by atoms with Gasteiger partial charge in [-0.2, -0.15) is 5.10 Å². The summed E-state index contributed by atoms with van der Waals surface area (Å²) in [5.74, 6) is 0.364. The highest BCUT2D eigenvalue weighted by molar-refractivity contribution is 6.32. The summed E-state index contributed by atoms with van der Waals surface area (Å²) in [6.07, 6.45) is 1.70. The quantitative estimate of drug-likeness (QED) is 0.731. The molecule has 0 aliphatic carbocycles. The Morgan fingerprint density at radius 3 is 2.80 bits per heavy atom. The molecule has 0 unspecified atom stereocenters. The number of halogens is 1. The third-order valence-electron chi connectivity index (χ3n) is 3.61. The second-order valence-corrected chi connectivity index (χ2v) is 6.02. The number of aromatic nitrogens is 2. The molecule has 0 saturated heterocycles. The molecule has 0 aliphatic heterocycles. The molecule has 0 spiro atoms. The van der Waals surface area contributed by atoms with E-state index in [0.717, 1.165) is 11.1 Å². The number of hydrogen-bond acceptors (Lipinski definition) is 3. The van der Waals surface area contributed by atoms with Crippen LogP contribution in [0.25, 0.3) is 0 Å². The Balaban J connectivity index is 1.56. The average Bonchev–Trinajstić information content (AvgIpc) is 3.10. The lowest BCUT2D eigenvalue weighted by molar-refractivity contribution is 0.0944. The molecular weight excluding hydrogens is 338 g/mol. The van der Waals surface area contributed by atoms with Gasteiger partial charge in [-0.05, 0) is 36.2 Å². The van der Waals surface area contributed by atoms with Crippen LogP contribution < -0.4 is 10.1 Å². The van der Waals surface area contributed by atoms with Gasteiger partial charge in [-0.1, -0.05) is 48.0 Å². The first kappa shape index (κ1) is 17.0. The van der Waals surface area contributed by atoms with Crippen LogP contribution in [-0.4, -0.2) is 15.7 Å². The Labute approximate surface area is 151 Å². The number of benzene rings is 2. The van der Waals surface area contributed by atoms with E-state index >= 15 is 0 Å². The Morgan fingerprint density at radius 2 is 2.00 bits per heavy atom. The van der Waals surface area contributed by atoms with Crippen LogP contribution in [-0.2, 0) is 13.3 Å². The van der Waals surface area contributed by atoms with Crippen LogP contribution in [0.1, 0.15) is 21.6 Å². The van der Waals surface area contributed by atoms with Crippen LogP contribution >= 0.6 is 11.6 Å². The molecule has 6 heteroatoms. The molecule has 128 valence electrons. The van der Waals surface area contributed by atoms with Crippen molar-refractivity contribution in [2.24, 2.45) is 0 Å². The second kappa shape index (κ2) is 7.85. The fourth-order valence-electron chi connectivity index (χ4n) is 2.28. The average molecular weight is 356 g/mol. The first-order valence-electron chi connectivity index (χ1n) is 7.86. The van der Waals surface area contributed by atoms with Crippen LogP contribution in [0, 0.1) is 6.92 Å². The third kappa shape index (κ3) is 4.61. The molecule has 5 nitrogen and oxygen atoms in total. The molecule has 0 aliphatic rings. The molecule has 3 aromatic rings. The van der Waals surface area contributed by atoms with Gasteiger partial charge in [-0.15, -0.1) is 0 Å². The number of amides is 1. The number of nitrogens with zero attached hydrogens (tertiary/aromatic N) is 2. The van der Waals surface area contributed by atoms with E-state index in [1.807, 2.05) is 49.4 Å². The molecule has 1 amide bonds. The SMILES string of the molecule is Cc1ccc(Cl)c(OCn2ccc(C(=O)NCc3ccccc3)n2)c1. The van der Waals surface area contributed by atoms with Gasteiger partial charge in [-0.3, -0.25) is 4.79 Å². The monoisotopic (exact) mass is 355 g/mol. The molecular formula is C19H18ClN3O2. The van der Waals surface area contributed by atoms with Gasteiger partial charge in [0.2, 0.25) is 0 Å². The first-order chi connectivity index (χ1) is 12.1. The Bertz CT molecular complexity index is 862. The predicted molar refractivity (Wildman–Crippen MR) is 96.7 cm³/mol. The predicted octanol–water partition coefficient (Wildman–Crippen LogP) is 3.81. The number of aryl methyl sites for hydroxylation is 1. The van der Waals surface area contributed by atoms with Crippen molar-refractivity contribution >= 4 is 17.5 Å². The molecule has 1 aromatic heterocycles. The van der Waals surface area contributed by atoms with Gasteiger partial charge < -0.3 is 10.1 Å². The zero-order valence-electron chi connectivity index (χ0n) is 13.8. The van der Waals surface area contributed by atoms with Crippen molar-refractivity contribution in [3.63, 3.8) is 0 Å². The lowest BCUT2D eigenvalue weighted by Gasteiger charge is -2.08. The van der Waals surface area contributed by atoms with E-state index in [1.54, 1.807) is 23.0 Å². The smallest absolute Gasteiger partial charge is 0.272 e. The zero-order valence-corrected chi connectivity index (χ0v) is 14.5. The summed E-state index contributed by atoms with van der Waals surface area (Å²) in [7, 11) is 0. The Kier molecular flexibility index (Phi) is 5.36. The Morgan fingerprint density at radius 1 is 1.20 bits per heavy atom. The molecule has 0 atom stereocenters. The summed E-state index contributed by atoms with van der Waals surface area (Å²) in [5.41, 5.74) is 2.43. The van der Waals surface area contributed by atoms with Gasteiger partial charge in [0.1, 0.15) is 11.4 Å². The van der Waals surface area contributed by atoms with Crippen LogP contribution in [0.5, 0.6) is 5.75 Å². The van der Waals surface area contributed by atoms with Crippen LogP contribution in [0.15, 0.2) is 60.8 Å². The molecule has 1 N–H and O–H groups in total. The van der Waals surface area contributed by atoms with Crippen molar-refractivity contribution in [3.8, 4) is 5.75 Å². The standard InChI is InChI=1S/C19H18ClN3O2/c1-14-7-8-16(20)18(11-14)25-13-23-10-9-17(22-23)19(24)21-12-15-5-3-2-4-6-15/h2-11H,12-13H2,1H3,(H,21,24). The van der Waals surface area contributed by atoms with E-state index in [0.29, 0.717) is 23.0 Å². The number of ether oxygens (including phenoxy) is 1. The summed E-state index contributed by atoms with van der Waals surface area (Å²) in [5, 5.41) is 7.61. The van der Waals surface area contributed by atoms with E-state index in [9.17, 15) is 4.79 Å². The van der Waals surface area contributed by atoms with E-state index in [4.69, 9.17) is 16.3 Å².